The molecule has 2 unspecified atom stereocenters. The van der Waals surface area contributed by atoms with Crippen molar-refractivity contribution in [1.82, 2.24) is 24.1 Å². The number of sulfonamides is 1. The van der Waals surface area contributed by atoms with Crippen LogP contribution in [0.15, 0.2) is 17.3 Å². The second-order valence-electron chi connectivity index (χ2n) is 7.12. The van der Waals surface area contributed by atoms with Crippen LogP contribution in [0.5, 0.6) is 0 Å². The molecule has 0 radical (unpaired) electrons. The molecule has 140 valence electrons. The minimum Gasteiger partial charge on any atom is -0.353 e. The third-order valence-electron chi connectivity index (χ3n) is 5.39. The SMILES string of the molecule is CCn1nc(C)c(S(=O)(=O)N2C3CC2CN(c2cc(C)ncn2)C3)c1C. The van der Waals surface area contributed by atoms with Gasteiger partial charge >= 0.3 is 0 Å². The molecule has 9 heteroatoms. The highest BCUT2D eigenvalue weighted by atomic mass is 32.2. The summed E-state index contributed by atoms with van der Waals surface area (Å²) in [5.41, 5.74) is 2.22. The number of hydrogen-bond donors (Lipinski definition) is 0. The maximum absolute atomic E-state index is 13.3. The predicted octanol–water partition coefficient (Wildman–Crippen LogP) is 1.27. The van der Waals surface area contributed by atoms with Gasteiger partial charge in [-0.2, -0.15) is 9.40 Å². The third kappa shape index (κ3) is 2.52. The van der Waals surface area contributed by atoms with Gasteiger partial charge in [-0.3, -0.25) is 4.68 Å². The molecule has 5 heterocycles. The van der Waals surface area contributed by atoms with E-state index in [0.717, 1.165) is 23.6 Å². The van der Waals surface area contributed by atoms with E-state index in [4.69, 9.17) is 0 Å². The molecule has 2 atom stereocenters. The van der Waals surface area contributed by atoms with Crippen LogP contribution >= 0.6 is 0 Å². The average Bonchev–Trinajstić information content (AvgIpc) is 2.88. The molecule has 0 N–H and O–H groups in total. The molecule has 0 spiro atoms. The smallest absolute Gasteiger partial charge is 0.247 e. The molecule has 26 heavy (non-hydrogen) atoms. The summed E-state index contributed by atoms with van der Waals surface area (Å²) in [7, 11) is -3.54. The van der Waals surface area contributed by atoms with Crippen molar-refractivity contribution in [2.45, 2.75) is 57.6 Å². The topological polar surface area (TPSA) is 84.2 Å². The van der Waals surface area contributed by atoms with Crippen LogP contribution in [-0.4, -0.2) is 57.6 Å². The molecule has 2 bridgehead atoms. The first-order valence-electron chi connectivity index (χ1n) is 8.94. The molecule has 2 aromatic rings. The lowest BCUT2D eigenvalue weighted by Crippen LogP contribution is -2.70. The van der Waals surface area contributed by atoms with E-state index in [1.54, 1.807) is 22.2 Å². The van der Waals surface area contributed by atoms with Crippen LogP contribution in [0.4, 0.5) is 5.82 Å². The highest BCUT2D eigenvalue weighted by molar-refractivity contribution is 7.89. The number of aryl methyl sites for hydroxylation is 3. The Morgan fingerprint density at radius 3 is 2.42 bits per heavy atom. The normalized spacial score (nSPS) is 23.2. The zero-order chi connectivity index (χ0) is 18.6. The van der Waals surface area contributed by atoms with Crippen molar-refractivity contribution in [2.24, 2.45) is 0 Å². The van der Waals surface area contributed by atoms with Crippen molar-refractivity contribution in [3.05, 3.63) is 29.5 Å². The average molecular weight is 376 g/mol. The Morgan fingerprint density at radius 1 is 1.15 bits per heavy atom. The number of hydrogen-bond acceptors (Lipinski definition) is 6. The molecular weight excluding hydrogens is 352 g/mol. The summed E-state index contributed by atoms with van der Waals surface area (Å²) in [6.45, 7) is 9.49. The van der Waals surface area contributed by atoms with E-state index in [1.807, 2.05) is 26.8 Å². The van der Waals surface area contributed by atoms with Crippen molar-refractivity contribution >= 4 is 15.8 Å². The summed E-state index contributed by atoms with van der Waals surface area (Å²) in [5, 5.41) is 4.39. The van der Waals surface area contributed by atoms with Gasteiger partial charge in [0, 0.05) is 43.5 Å². The number of rotatable bonds is 4. The van der Waals surface area contributed by atoms with Crippen LogP contribution in [0, 0.1) is 20.8 Å². The minimum absolute atomic E-state index is 0.0159. The molecule has 0 amide bonds. The molecule has 0 aliphatic carbocycles. The molecule has 5 rings (SSSR count). The minimum atomic E-state index is -3.54. The highest BCUT2D eigenvalue weighted by Gasteiger charge is 2.52. The number of piperidine rings is 1. The molecule has 3 saturated heterocycles. The lowest BCUT2D eigenvalue weighted by atomic mass is 9.91. The summed E-state index contributed by atoms with van der Waals surface area (Å²) in [6.07, 6.45) is 2.46. The first-order valence-corrected chi connectivity index (χ1v) is 10.4. The van der Waals surface area contributed by atoms with Crippen LogP contribution in [0.25, 0.3) is 0 Å². The molecule has 3 aliphatic heterocycles. The van der Waals surface area contributed by atoms with Gasteiger partial charge in [0.2, 0.25) is 10.0 Å². The Balaban J connectivity index is 1.61. The van der Waals surface area contributed by atoms with Gasteiger partial charge in [-0.05, 0) is 34.1 Å². The van der Waals surface area contributed by atoms with E-state index in [-0.39, 0.29) is 12.1 Å². The number of anilines is 1. The first-order chi connectivity index (χ1) is 12.3. The van der Waals surface area contributed by atoms with Gasteiger partial charge in [0.05, 0.1) is 11.4 Å². The molecule has 0 saturated carbocycles. The van der Waals surface area contributed by atoms with Crippen LogP contribution in [0.1, 0.15) is 30.4 Å². The Hall–Kier alpha value is -2.00. The van der Waals surface area contributed by atoms with Crippen molar-refractivity contribution < 1.29 is 8.42 Å². The fourth-order valence-electron chi connectivity index (χ4n) is 4.24. The van der Waals surface area contributed by atoms with Crippen LogP contribution in [-0.2, 0) is 16.6 Å². The van der Waals surface area contributed by atoms with Crippen molar-refractivity contribution in [2.75, 3.05) is 18.0 Å². The maximum Gasteiger partial charge on any atom is 0.247 e. The van der Waals surface area contributed by atoms with Gasteiger partial charge in [-0.15, -0.1) is 0 Å². The van der Waals surface area contributed by atoms with E-state index >= 15 is 0 Å². The summed E-state index contributed by atoms with van der Waals surface area (Å²) in [6, 6.07) is 1.92. The van der Waals surface area contributed by atoms with Gasteiger partial charge < -0.3 is 4.90 Å². The fourth-order valence-corrected chi connectivity index (χ4v) is 6.43. The third-order valence-corrected chi connectivity index (χ3v) is 7.65. The summed E-state index contributed by atoms with van der Waals surface area (Å²) < 4.78 is 30.1. The lowest BCUT2D eigenvalue weighted by Gasteiger charge is -2.55. The predicted molar refractivity (Wildman–Crippen MR) is 97.6 cm³/mol. The van der Waals surface area contributed by atoms with E-state index in [0.29, 0.717) is 30.2 Å². The van der Waals surface area contributed by atoms with Crippen molar-refractivity contribution in [3.8, 4) is 0 Å². The van der Waals surface area contributed by atoms with E-state index in [9.17, 15) is 8.42 Å². The summed E-state index contributed by atoms with van der Waals surface area (Å²) >= 11 is 0. The van der Waals surface area contributed by atoms with E-state index < -0.39 is 10.0 Å². The molecular formula is C17H24N6O2S. The second kappa shape index (κ2) is 6.02. The molecule has 0 aromatic carbocycles. The van der Waals surface area contributed by atoms with E-state index in [2.05, 4.69) is 20.0 Å². The molecule has 2 aromatic heterocycles. The Bertz CT molecular complexity index is 942. The standard InChI is InChI=1S/C17H24N6O2S/c1-5-22-13(4)17(12(3)20-22)26(24,25)23-14-7-15(23)9-21(8-14)16-6-11(2)18-10-19-16/h6,10,14-15H,5,7-9H2,1-4H3. The van der Waals surface area contributed by atoms with Crippen LogP contribution in [0.3, 0.4) is 0 Å². The van der Waals surface area contributed by atoms with E-state index in [1.165, 1.54) is 0 Å². The number of fused-ring (bicyclic) bond motifs is 2. The Morgan fingerprint density at radius 2 is 1.85 bits per heavy atom. The zero-order valence-electron chi connectivity index (χ0n) is 15.5. The first kappa shape index (κ1) is 17.4. The van der Waals surface area contributed by atoms with Gasteiger partial charge in [0.15, 0.2) is 0 Å². The molecule has 8 nitrogen and oxygen atoms in total. The highest BCUT2D eigenvalue weighted by Crippen LogP contribution is 2.39. The second-order valence-corrected chi connectivity index (χ2v) is 8.90. The largest absolute Gasteiger partial charge is 0.353 e. The van der Waals surface area contributed by atoms with Gasteiger partial charge in [-0.1, -0.05) is 0 Å². The maximum atomic E-state index is 13.3. The van der Waals surface area contributed by atoms with Crippen molar-refractivity contribution in [3.63, 3.8) is 0 Å². The molecule has 3 aliphatic rings. The number of nitrogens with zero attached hydrogens (tertiary/aromatic N) is 6. The van der Waals surface area contributed by atoms with Gasteiger partial charge in [0.25, 0.3) is 0 Å². The van der Waals surface area contributed by atoms with Crippen LogP contribution in [0.2, 0.25) is 0 Å². The summed E-state index contributed by atoms with van der Waals surface area (Å²) in [5.74, 6) is 0.871. The zero-order valence-corrected chi connectivity index (χ0v) is 16.4. The van der Waals surface area contributed by atoms with Gasteiger partial charge in [0.1, 0.15) is 17.0 Å². The quantitative estimate of drug-likeness (QED) is 0.799. The van der Waals surface area contributed by atoms with Crippen LogP contribution < -0.4 is 4.90 Å². The van der Waals surface area contributed by atoms with Gasteiger partial charge in [-0.25, -0.2) is 18.4 Å². The number of piperazine rings is 1. The fraction of sp³-hybridized carbons (Fsp3) is 0.588. The lowest BCUT2D eigenvalue weighted by molar-refractivity contribution is 0.0873. The molecule has 3 fully saturated rings. The monoisotopic (exact) mass is 376 g/mol. The van der Waals surface area contributed by atoms with Crippen molar-refractivity contribution in [1.29, 1.82) is 0 Å². The Kier molecular flexibility index (Phi) is 4.03. The Labute approximate surface area is 153 Å². The number of aromatic nitrogens is 4. The summed E-state index contributed by atoms with van der Waals surface area (Å²) in [4.78, 5) is 11.0.